The topological polar surface area (TPSA) is 86.7 Å². The molecule has 5 atom stereocenters. The first-order chi connectivity index (χ1) is 22.1. The third-order valence-corrected chi connectivity index (χ3v) is 8.23. The van der Waals surface area contributed by atoms with E-state index in [2.05, 4.69) is 0 Å². The fourth-order valence-corrected chi connectivity index (χ4v) is 5.87. The Morgan fingerprint density at radius 1 is 0.711 bits per heavy atom. The third-order valence-electron chi connectivity index (χ3n) is 8.23. The van der Waals surface area contributed by atoms with E-state index >= 15 is 0 Å². The van der Waals surface area contributed by atoms with E-state index in [4.69, 9.17) is 23.7 Å². The number of nitrogens with zero attached hydrogens (tertiary/aromatic N) is 1. The van der Waals surface area contributed by atoms with E-state index in [0.717, 1.165) is 22.3 Å². The number of methoxy groups -OCH3 is 2. The first kappa shape index (κ1) is 32.3. The highest BCUT2D eigenvalue weighted by Gasteiger charge is 2.54. The van der Waals surface area contributed by atoms with Crippen molar-refractivity contribution in [2.75, 3.05) is 20.8 Å². The zero-order valence-electron chi connectivity index (χ0n) is 25.7. The third kappa shape index (κ3) is 8.57. The Kier molecular flexibility index (Phi) is 11.7. The van der Waals surface area contributed by atoms with Crippen molar-refractivity contribution in [2.24, 2.45) is 0 Å². The monoisotopic (exact) mass is 611 g/mol. The Morgan fingerprint density at radius 2 is 1.22 bits per heavy atom. The van der Waals surface area contributed by atoms with Gasteiger partial charge in [0.05, 0.1) is 59.2 Å². The van der Waals surface area contributed by atoms with E-state index in [0.29, 0.717) is 25.6 Å². The lowest BCUT2D eigenvalue weighted by Gasteiger charge is -2.32. The van der Waals surface area contributed by atoms with Gasteiger partial charge in [0.2, 0.25) is 0 Å². The van der Waals surface area contributed by atoms with Gasteiger partial charge in [-0.15, -0.1) is 0 Å². The van der Waals surface area contributed by atoms with Crippen molar-refractivity contribution >= 4 is 5.97 Å². The highest BCUT2D eigenvalue weighted by Crippen LogP contribution is 2.40. The van der Waals surface area contributed by atoms with Gasteiger partial charge in [0, 0.05) is 5.92 Å². The van der Waals surface area contributed by atoms with Crippen LogP contribution in [0.4, 0.5) is 0 Å². The van der Waals surface area contributed by atoms with Crippen LogP contribution in [-0.2, 0) is 43.6 Å². The molecule has 0 unspecified atom stereocenters. The Bertz CT molecular complexity index is 1440. The SMILES string of the molecule is COC(=O)C[C@H](c1ccc(OC)cc1)[C@H]1[C@H](OCc2ccccc2)[C@H](OCc2ccccc2)[C@H](COCc2ccccc2)N1O. The molecule has 8 nitrogen and oxygen atoms in total. The van der Waals surface area contributed by atoms with Crippen LogP contribution in [0.3, 0.4) is 0 Å². The van der Waals surface area contributed by atoms with Gasteiger partial charge in [-0.1, -0.05) is 103 Å². The maximum absolute atomic E-state index is 12.8. The van der Waals surface area contributed by atoms with Crippen molar-refractivity contribution in [3.05, 3.63) is 138 Å². The molecule has 1 fully saturated rings. The molecule has 0 amide bonds. The second-order valence-electron chi connectivity index (χ2n) is 11.1. The number of hydroxylamine groups is 2. The Balaban J connectivity index is 1.50. The summed E-state index contributed by atoms with van der Waals surface area (Å²) in [7, 11) is 2.98. The van der Waals surface area contributed by atoms with Gasteiger partial charge >= 0.3 is 5.97 Å². The molecule has 1 aliphatic rings. The van der Waals surface area contributed by atoms with Crippen molar-refractivity contribution in [3.63, 3.8) is 0 Å². The number of hydrogen-bond acceptors (Lipinski definition) is 8. The smallest absolute Gasteiger partial charge is 0.306 e. The minimum Gasteiger partial charge on any atom is -0.497 e. The van der Waals surface area contributed by atoms with Crippen LogP contribution >= 0.6 is 0 Å². The van der Waals surface area contributed by atoms with Crippen molar-refractivity contribution in [1.82, 2.24) is 5.06 Å². The van der Waals surface area contributed by atoms with E-state index in [1.165, 1.54) is 12.2 Å². The summed E-state index contributed by atoms with van der Waals surface area (Å²) in [5.41, 5.74) is 3.85. The Labute approximate surface area is 265 Å². The van der Waals surface area contributed by atoms with Gasteiger partial charge in [0.1, 0.15) is 18.0 Å². The first-order valence-corrected chi connectivity index (χ1v) is 15.2. The summed E-state index contributed by atoms with van der Waals surface area (Å²) in [5, 5.41) is 13.3. The molecule has 8 heteroatoms. The van der Waals surface area contributed by atoms with Crippen LogP contribution in [0.25, 0.3) is 0 Å². The summed E-state index contributed by atoms with van der Waals surface area (Å²) in [6.07, 6.45) is -1.18. The summed E-state index contributed by atoms with van der Waals surface area (Å²) in [6.45, 7) is 1.17. The summed E-state index contributed by atoms with van der Waals surface area (Å²) < 4.78 is 30.0. The van der Waals surface area contributed by atoms with E-state index in [-0.39, 0.29) is 13.0 Å². The van der Waals surface area contributed by atoms with Crippen LogP contribution in [0.2, 0.25) is 0 Å². The average molecular weight is 612 g/mol. The maximum atomic E-state index is 12.8. The van der Waals surface area contributed by atoms with Gasteiger partial charge in [0.15, 0.2) is 0 Å². The molecule has 4 aromatic carbocycles. The molecule has 1 saturated heterocycles. The molecule has 0 aliphatic carbocycles. The van der Waals surface area contributed by atoms with E-state index < -0.39 is 36.2 Å². The van der Waals surface area contributed by atoms with Gasteiger partial charge in [-0.2, -0.15) is 5.06 Å². The molecule has 236 valence electrons. The normalized spacial score (nSPS) is 20.5. The lowest BCUT2D eigenvalue weighted by Crippen LogP contribution is -2.43. The minimum absolute atomic E-state index is 0.0265. The van der Waals surface area contributed by atoms with Crippen molar-refractivity contribution < 1.29 is 33.7 Å². The Morgan fingerprint density at radius 3 is 1.73 bits per heavy atom. The molecule has 1 aliphatic heterocycles. The standard InChI is InChI=1S/C37H41NO7/c1-41-31-20-18-30(19-21-31)32(22-34(39)42-2)35-37(45-25-29-16-10-5-11-17-29)36(44-24-28-14-8-4-9-15-28)33(38(35)40)26-43-23-27-12-6-3-7-13-27/h3-21,32-33,35-37,40H,22-26H2,1-2H3/t32-,33+,35+,36-,37+/m1/s1. The fraction of sp³-hybridized carbons (Fsp3) is 0.324. The molecule has 0 radical (unpaired) electrons. The van der Waals surface area contributed by atoms with Gasteiger partial charge in [-0.05, 0) is 34.4 Å². The number of carbonyl (C=O) groups is 1. The van der Waals surface area contributed by atoms with Crippen LogP contribution in [0.15, 0.2) is 115 Å². The van der Waals surface area contributed by atoms with E-state index in [9.17, 15) is 10.0 Å². The van der Waals surface area contributed by atoms with Crippen LogP contribution < -0.4 is 4.74 Å². The van der Waals surface area contributed by atoms with Gasteiger partial charge in [-0.25, -0.2) is 0 Å². The molecule has 4 aromatic rings. The molecule has 0 spiro atoms. The lowest BCUT2D eigenvalue weighted by atomic mass is 9.85. The first-order valence-electron chi connectivity index (χ1n) is 15.2. The van der Waals surface area contributed by atoms with E-state index in [1.807, 2.05) is 115 Å². The van der Waals surface area contributed by atoms with Crippen LogP contribution in [0.5, 0.6) is 5.75 Å². The van der Waals surface area contributed by atoms with Crippen LogP contribution in [-0.4, -0.2) is 61.4 Å². The summed E-state index contributed by atoms with van der Waals surface area (Å²) in [4.78, 5) is 12.8. The van der Waals surface area contributed by atoms with Crippen LogP contribution in [0.1, 0.15) is 34.6 Å². The zero-order valence-corrected chi connectivity index (χ0v) is 25.7. The highest BCUT2D eigenvalue weighted by molar-refractivity contribution is 5.70. The predicted octanol–water partition coefficient (Wildman–Crippen LogP) is 6.17. The molecule has 0 aromatic heterocycles. The molecule has 1 heterocycles. The number of esters is 1. The number of ether oxygens (including phenoxy) is 5. The average Bonchev–Trinajstić information content (AvgIpc) is 3.35. The van der Waals surface area contributed by atoms with Gasteiger partial charge in [0.25, 0.3) is 0 Å². The number of carbonyl (C=O) groups excluding carboxylic acids is 1. The zero-order chi connectivity index (χ0) is 31.4. The molecule has 45 heavy (non-hydrogen) atoms. The fourth-order valence-electron chi connectivity index (χ4n) is 5.87. The number of benzene rings is 4. The molecular formula is C37H41NO7. The van der Waals surface area contributed by atoms with Crippen molar-refractivity contribution in [3.8, 4) is 5.75 Å². The molecule has 0 bridgehead atoms. The quantitative estimate of drug-likeness (QED) is 0.160. The van der Waals surface area contributed by atoms with Gasteiger partial charge in [-0.3, -0.25) is 4.79 Å². The molecule has 0 saturated carbocycles. The number of hydrogen-bond donors (Lipinski definition) is 1. The van der Waals surface area contributed by atoms with E-state index in [1.54, 1.807) is 7.11 Å². The number of rotatable bonds is 15. The maximum Gasteiger partial charge on any atom is 0.306 e. The molecule has 5 rings (SSSR count). The summed E-state index contributed by atoms with van der Waals surface area (Å²) >= 11 is 0. The minimum atomic E-state index is -0.660. The van der Waals surface area contributed by atoms with Crippen molar-refractivity contribution in [2.45, 2.75) is 56.5 Å². The highest BCUT2D eigenvalue weighted by atomic mass is 16.6. The second kappa shape index (κ2) is 16.3. The van der Waals surface area contributed by atoms with Crippen LogP contribution in [0, 0.1) is 0 Å². The largest absolute Gasteiger partial charge is 0.497 e. The summed E-state index contributed by atoms with van der Waals surface area (Å²) in [6, 6.07) is 35.9. The van der Waals surface area contributed by atoms with Gasteiger partial charge < -0.3 is 28.9 Å². The molecular weight excluding hydrogens is 570 g/mol. The van der Waals surface area contributed by atoms with Crippen molar-refractivity contribution in [1.29, 1.82) is 0 Å². The summed E-state index contributed by atoms with van der Waals surface area (Å²) in [5.74, 6) is -0.191. The lowest BCUT2D eigenvalue weighted by molar-refractivity contribution is -0.172. The second-order valence-corrected chi connectivity index (χ2v) is 11.1. The Hall–Kier alpha value is -4.05. The predicted molar refractivity (Wildman–Crippen MR) is 170 cm³/mol. The molecule has 1 N–H and O–H groups in total.